The van der Waals surface area contributed by atoms with Gasteiger partial charge in [0.05, 0.1) is 5.56 Å². The number of hydrogen-bond acceptors (Lipinski definition) is 4. The fourth-order valence-electron chi connectivity index (χ4n) is 2.41. The van der Waals surface area contributed by atoms with Gasteiger partial charge < -0.3 is 14.6 Å². The van der Waals surface area contributed by atoms with Gasteiger partial charge in [0, 0.05) is 5.56 Å². The molecule has 0 heterocycles. The normalized spacial score (nSPS) is 12.2. The second kappa shape index (κ2) is 7.87. The van der Waals surface area contributed by atoms with Crippen LogP contribution in [0.15, 0.2) is 48.5 Å². The maximum absolute atomic E-state index is 12.5. The lowest BCUT2D eigenvalue weighted by Gasteiger charge is -2.26. The molecule has 0 amide bonds. The molecule has 0 atom stereocenters. The van der Waals surface area contributed by atoms with E-state index in [-0.39, 0.29) is 22.7 Å². The number of phenols is 1. The van der Waals surface area contributed by atoms with E-state index in [0.29, 0.717) is 17.1 Å². The van der Waals surface area contributed by atoms with Crippen LogP contribution in [0.2, 0.25) is 0 Å². The number of allylic oxidation sites excluding steroid dienone is 1. The zero-order valence-electron chi connectivity index (χ0n) is 16.9. The predicted octanol–water partition coefficient (Wildman–Crippen LogP) is 5.64. The van der Waals surface area contributed by atoms with E-state index in [1.54, 1.807) is 18.2 Å². The quantitative estimate of drug-likeness (QED) is 0.548. The summed E-state index contributed by atoms with van der Waals surface area (Å²) in [5.41, 5.74) is 0.444. The van der Waals surface area contributed by atoms with Crippen LogP contribution in [0.5, 0.6) is 17.2 Å². The molecule has 0 aliphatic heterocycles. The van der Waals surface area contributed by atoms with E-state index in [1.165, 1.54) is 18.2 Å². The van der Waals surface area contributed by atoms with E-state index < -0.39 is 0 Å². The number of phenolic OH excluding ortho intramolecular Hbond substituents is 1. The average molecular weight is 368 g/mol. The Kier molecular flexibility index (Phi) is 5.99. The molecule has 4 nitrogen and oxygen atoms in total. The Morgan fingerprint density at radius 1 is 0.852 bits per heavy atom. The minimum Gasteiger partial charge on any atom is -0.508 e. The van der Waals surface area contributed by atoms with E-state index in [9.17, 15) is 9.90 Å². The molecule has 0 saturated carbocycles. The Hall–Kier alpha value is -2.75. The van der Waals surface area contributed by atoms with Crippen LogP contribution >= 0.6 is 0 Å². The largest absolute Gasteiger partial charge is 0.508 e. The third kappa shape index (κ3) is 6.48. The standard InChI is InChI=1S/C23H28O4/c1-22(2,3)26-20-8-7-9-21(27-23(4,5)6)18(20)14-15-19(25)16-10-12-17(24)13-11-16/h7-15,24H,1-6H3/b15-14+. The van der Waals surface area contributed by atoms with Crippen molar-refractivity contribution in [3.8, 4) is 17.2 Å². The third-order valence-electron chi connectivity index (χ3n) is 3.41. The SMILES string of the molecule is CC(C)(C)Oc1cccc(OC(C)(C)C)c1/C=C/C(=O)c1ccc(O)cc1. The molecule has 0 spiro atoms. The first-order valence-electron chi connectivity index (χ1n) is 8.97. The van der Waals surface area contributed by atoms with Crippen molar-refractivity contribution in [1.29, 1.82) is 0 Å². The summed E-state index contributed by atoms with van der Waals surface area (Å²) in [5, 5.41) is 9.37. The highest BCUT2D eigenvalue weighted by Gasteiger charge is 2.19. The number of ketones is 1. The number of hydrogen-bond donors (Lipinski definition) is 1. The number of carbonyl (C=O) groups is 1. The summed E-state index contributed by atoms with van der Waals surface area (Å²) in [6.07, 6.45) is 3.21. The van der Waals surface area contributed by atoms with Gasteiger partial charge in [-0.2, -0.15) is 0 Å². The molecule has 0 aromatic heterocycles. The molecular weight excluding hydrogens is 340 g/mol. The molecule has 0 aliphatic carbocycles. The second-order valence-corrected chi connectivity index (χ2v) is 8.34. The molecule has 2 aromatic carbocycles. The average Bonchev–Trinajstić information content (AvgIpc) is 2.51. The predicted molar refractivity (Wildman–Crippen MR) is 109 cm³/mol. The molecular formula is C23H28O4. The number of ether oxygens (including phenoxy) is 2. The van der Waals surface area contributed by atoms with Gasteiger partial charge in [-0.3, -0.25) is 4.79 Å². The smallest absolute Gasteiger partial charge is 0.185 e. The van der Waals surface area contributed by atoms with E-state index in [1.807, 2.05) is 59.7 Å². The topological polar surface area (TPSA) is 55.8 Å². The van der Waals surface area contributed by atoms with Gasteiger partial charge in [-0.15, -0.1) is 0 Å². The Morgan fingerprint density at radius 3 is 1.78 bits per heavy atom. The highest BCUT2D eigenvalue weighted by atomic mass is 16.5. The van der Waals surface area contributed by atoms with Crippen molar-refractivity contribution in [1.82, 2.24) is 0 Å². The molecule has 144 valence electrons. The summed E-state index contributed by atoms with van der Waals surface area (Å²) in [4.78, 5) is 12.5. The van der Waals surface area contributed by atoms with Crippen molar-refractivity contribution in [2.24, 2.45) is 0 Å². The summed E-state index contributed by atoms with van der Waals surface area (Å²) in [6, 6.07) is 11.8. The van der Waals surface area contributed by atoms with Crippen molar-refractivity contribution in [3.63, 3.8) is 0 Å². The van der Waals surface area contributed by atoms with Gasteiger partial charge in [-0.05, 0) is 90.1 Å². The Bertz CT molecular complexity index is 785. The van der Waals surface area contributed by atoms with Crippen LogP contribution in [-0.4, -0.2) is 22.1 Å². The molecule has 2 aromatic rings. The monoisotopic (exact) mass is 368 g/mol. The zero-order valence-corrected chi connectivity index (χ0v) is 16.9. The van der Waals surface area contributed by atoms with Gasteiger partial charge in [0.2, 0.25) is 0 Å². The minimum absolute atomic E-state index is 0.125. The molecule has 0 aliphatic rings. The summed E-state index contributed by atoms with van der Waals surface area (Å²) in [6.45, 7) is 11.8. The van der Waals surface area contributed by atoms with Crippen LogP contribution in [0.3, 0.4) is 0 Å². The van der Waals surface area contributed by atoms with Crippen molar-refractivity contribution < 1.29 is 19.4 Å². The molecule has 0 fully saturated rings. The maximum Gasteiger partial charge on any atom is 0.185 e. The van der Waals surface area contributed by atoms with E-state index in [2.05, 4.69) is 0 Å². The molecule has 0 radical (unpaired) electrons. The van der Waals surface area contributed by atoms with Gasteiger partial charge in [-0.25, -0.2) is 0 Å². The molecule has 2 rings (SSSR count). The third-order valence-corrected chi connectivity index (χ3v) is 3.41. The first-order valence-corrected chi connectivity index (χ1v) is 8.97. The maximum atomic E-state index is 12.5. The van der Waals surface area contributed by atoms with Gasteiger partial charge in [0.25, 0.3) is 0 Å². The van der Waals surface area contributed by atoms with Gasteiger partial charge in [-0.1, -0.05) is 6.07 Å². The van der Waals surface area contributed by atoms with Gasteiger partial charge >= 0.3 is 0 Å². The molecule has 0 bridgehead atoms. The minimum atomic E-state index is -0.385. The lowest BCUT2D eigenvalue weighted by atomic mass is 10.1. The lowest BCUT2D eigenvalue weighted by molar-refractivity contribution is 0.104. The van der Waals surface area contributed by atoms with Crippen molar-refractivity contribution in [2.45, 2.75) is 52.7 Å². The molecule has 4 heteroatoms. The van der Waals surface area contributed by atoms with Gasteiger partial charge in [0.1, 0.15) is 28.5 Å². The Labute approximate surface area is 161 Å². The zero-order chi connectivity index (χ0) is 20.2. The fraction of sp³-hybridized carbons (Fsp3) is 0.348. The summed E-state index contributed by atoms with van der Waals surface area (Å²) in [7, 11) is 0. The van der Waals surface area contributed by atoms with Crippen LogP contribution in [0.4, 0.5) is 0 Å². The van der Waals surface area contributed by atoms with Crippen LogP contribution in [0.1, 0.15) is 57.5 Å². The molecule has 27 heavy (non-hydrogen) atoms. The number of benzene rings is 2. The van der Waals surface area contributed by atoms with Crippen LogP contribution in [0, 0.1) is 0 Å². The van der Waals surface area contributed by atoms with E-state index in [4.69, 9.17) is 9.47 Å². The van der Waals surface area contributed by atoms with Gasteiger partial charge in [0.15, 0.2) is 5.78 Å². The second-order valence-electron chi connectivity index (χ2n) is 8.34. The number of rotatable bonds is 5. The van der Waals surface area contributed by atoms with Crippen molar-refractivity contribution >= 4 is 11.9 Å². The lowest BCUT2D eigenvalue weighted by Crippen LogP contribution is -2.25. The number of aromatic hydroxyl groups is 1. The van der Waals surface area contributed by atoms with E-state index in [0.717, 1.165) is 5.56 Å². The highest BCUT2D eigenvalue weighted by molar-refractivity contribution is 6.07. The molecule has 0 unspecified atom stereocenters. The van der Waals surface area contributed by atoms with Crippen molar-refractivity contribution in [2.75, 3.05) is 0 Å². The summed E-state index contributed by atoms with van der Waals surface area (Å²) < 4.78 is 12.1. The number of carbonyl (C=O) groups excluding carboxylic acids is 1. The first kappa shape index (κ1) is 20.6. The Balaban J connectivity index is 2.41. The van der Waals surface area contributed by atoms with Crippen LogP contribution in [0.25, 0.3) is 6.08 Å². The Morgan fingerprint density at radius 2 is 1.33 bits per heavy atom. The molecule has 0 saturated heterocycles. The first-order chi connectivity index (χ1) is 12.4. The highest BCUT2D eigenvalue weighted by Crippen LogP contribution is 2.34. The van der Waals surface area contributed by atoms with E-state index >= 15 is 0 Å². The molecule has 1 N–H and O–H groups in total. The summed E-state index contributed by atoms with van der Waals surface area (Å²) >= 11 is 0. The van der Waals surface area contributed by atoms with Crippen LogP contribution in [-0.2, 0) is 0 Å². The summed E-state index contributed by atoms with van der Waals surface area (Å²) in [5.74, 6) is 1.26. The van der Waals surface area contributed by atoms with Crippen LogP contribution < -0.4 is 9.47 Å². The van der Waals surface area contributed by atoms with Crippen molar-refractivity contribution in [3.05, 3.63) is 59.7 Å². The fourth-order valence-corrected chi connectivity index (χ4v) is 2.41.